The average molecular weight is 457 g/mol. The molecule has 0 aliphatic carbocycles. The largest absolute Gasteiger partial charge is 0.459 e. The van der Waals surface area contributed by atoms with E-state index in [-0.39, 0.29) is 48.9 Å². The van der Waals surface area contributed by atoms with Gasteiger partial charge in [-0.3, -0.25) is 0 Å². The van der Waals surface area contributed by atoms with Crippen molar-refractivity contribution in [2.45, 2.75) is 41.0 Å². The molecule has 0 fully saturated rings. The first-order valence-corrected chi connectivity index (χ1v) is 10.3. The van der Waals surface area contributed by atoms with E-state index in [2.05, 4.69) is 23.8 Å². The maximum Gasteiger partial charge on any atom is 0.407 e. The summed E-state index contributed by atoms with van der Waals surface area (Å²) >= 11 is 0. The Labute approximate surface area is 189 Å². The van der Waals surface area contributed by atoms with Crippen LogP contribution in [0.2, 0.25) is 0 Å². The predicted molar refractivity (Wildman–Crippen MR) is 118 cm³/mol. The maximum absolute atomic E-state index is 11.8. The highest BCUT2D eigenvalue weighted by Gasteiger charge is 2.26. The van der Waals surface area contributed by atoms with Crippen molar-refractivity contribution in [3.8, 4) is 0 Å². The first kappa shape index (κ1) is 29.0. The summed E-state index contributed by atoms with van der Waals surface area (Å²) in [5.41, 5.74) is 0.351. The molecule has 2 N–H and O–H groups in total. The lowest BCUT2D eigenvalue weighted by atomic mass is 9.77. The second-order valence-electron chi connectivity index (χ2n) is 8.05. The van der Waals surface area contributed by atoms with Crippen molar-refractivity contribution in [2.24, 2.45) is 11.3 Å². The third-order valence-corrected chi connectivity index (χ3v) is 4.72. The molecule has 0 saturated heterocycles. The van der Waals surface area contributed by atoms with Crippen LogP contribution in [0.25, 0.3) is 0 Å². The van der Waals surface area contributed by atoms with Crippen LogP contribution in [0.5, 0.6) is 0 Å². The molecule has 182 valence electrons. The molecule has 1 atom stereocenters. The molecule has 0 heterocycles. The minimum atomic E-state index is -0.604. The molecule has 0 bridgehead atoms. The Morgan fingerprint density at radius 2 is 1.19 bits per heavy atom. The number of carbonyl (C=O) groups excluding carboxylic acids is 4. The van der Waals surface area contributed by atoms with E-state index < -0.39 is 24.1 Å². The number of esters is 2. The molecule has 0 aliphatic rings. The van der Waals surface area contributed by atoms with Crippen molar-refractivity contribution in [2.75, 3.05) is 39.5 Å². The van der Waals surface area contributed by atoms with Crippen LogP contribution in [0.15, 0.2) is 24.3 Å². The van der Waals surface area contributed by atoms with E-state index >= 15 is 0 Å². The summed E-state index contributed by atoms with van der Waals surface area (Å²) in [5.74, 6) is -0.989. The maximum atomic E-state index is 11.8. The number of alkyl carbamates (subject to hydrolysis) is 2. The summed E-state index contributed by atoms with van der Waals surface area (Å²) in [6.45, 7) is 16.5. The van der Waals surface area contributed by atoms with Gasteiger partial charge in [-0.15, -0.1) is 0 Å². The van der Waals surface area contributed by atoms with E-state index in [1.165, 1.54) is 13.8 Å². The molecule has 0 saturated carbocycles. The first-order chi connectivity index (χ1) is 14.9. The van der Waals surface area contributed by atoms with Gasteiger partial charge in [0.25, 0.3) is 0 Å². The van der Waals surface area contributed by atoms with E-state index in [4.69, 9.17) is 18.9 Å². The summed E-state index contributed by atoms with van der Waals surface area (Å²) in [6.07, 6.45) is -0.566. The third kappa shape index (κ3) is 13.3. The number of carbonyl (C=O) groups is 4. The number of hydrogen-bond acceptors (Lipinski definition) is 8. The van der Waals surface area contributed by atoms with Gasteiger partial charge in [0.2, 0.25) is 0 Å². The van der Waals surface area contributed by atoms with Crippen molar-refractivity contribution in [3.05, 3.63) is 24.3 Å². The lowest BCUT2D eigenvalue weighted by Gasteiger charge is -2.32. The van der Waals surface area contributed by atoms with Crippen LogP contribution < -0.4 is 10.6 Å². The lowest BCUT2D eigenvalue weighted by molar-refractivity contribution is -0.140. The van der Waals surface area contributed by atoms with Gasteiger partial charge in [0, 0.05) is 24.2 Å². The fraction of sp³-hybridized carbons (Fsp3) is 0.636. The minimum Gasteiger partial charge on any atom is -0.459 e. The molecule has 0 rings (SSSR count). The first-order valence-electron chi connectivity index (χ1n) is 10.3. The second-order valence-corrected chi connectivity index (χ2v) is 8.05. The normalized spacial score (nSPS) is 11.5. The molecule has 0 aliphatic heterocycles. The lowest BCUT2D eigenvalue weighted by Crippen LogP contribution is -2.38. The molecular formula is C22H36N2O8. The van der Waals surface area contributed by atoms with Gasteiger partial charge in [0.15, 0.2) is 0 Å². The van der Waals surface area contributed by atoms with Gasteiger partial charge in [-0.05, 0) is 31.6 Å². The Morgan fingerprint density at radius 3 is 1.62 bits per heavy atom. The van der Waals surface area contributed by atoms with E-state index in [9.17, 15) is 19.2 Å². The van der Waals surface area contributed by atoms with Gasteiger partial charge in [0.05, 0.1) is 0 Å². The molecule has 32 heavy (non-hydrogen) atoms. The van der Waals surface area contributed by atoms with E-state index in [0.717, 1.165) is 0 Å². The van der Waals surface area contributed by atoms with Crippen LogP contribution in [0.3, 0.4) is 0 Å². The number of rotatable bonds is 14. The number of nitrogens with one attached hydrogen (secondary N) is 2. The van der Waals surface area contributed by atoms with Crippen molar-refractivity contribution < 1.29 is 38.1 Å². The molecule has 2 amide bonds. The van der Waals surface area contributed by atoms with Gasteiger partial charge < -0.3 is 29.6 Å². The highest BCUT2D eigenvalue weighted by atomic mass is 16.6. The monoisotopic (exact) mass is 456 g/mol. The van der Waals surface area contributed by atoms with Gasteiger partial charge in [-0.2, -0.15) is 0 Å². The van der Waals surface area contributed by atoms with E-state index in [1.807, 2.05) is 20.8 Å². The smallest absolute Gasteiger partial charge is 0.407 e. The summed E-state index contributed by atoms with van der Waals surface area (Å²) in [5, 5.41) is 5.31. The van der Waals surface area contributed by atoms with Gasteiger partial charge in [-0.25, -0.2) is 19.2 Å². The Hall–Kier alpha value is -3.04. The fourth-order valence-corrected chi connectivity index (χ4v) is 2.13. The zero-order valence-corrected chi connectivity index (χ0v) is 19.7. The Kier molecular flexibility index (Phi) is 13.5. The van der Waals surface area contributed by atoms with Crippen molar-refractivity contribution in [3.63, 3.8) is 0 Å². The Morgan fingerprint density at radius 1 is 0.781 bits per heavy atom. The zero-order valence-electron chi connectivity index (χ0n) is 19.7. The number of hydrogen-bond donors (Lipinski definition) is 2. The van der Waals surface area contributed by atoms with Crippen LogP contribution in [-0.4, -0.2) is 63.6 Å². The summed E-state index contributed by atoms with van der Waals surface area (Å²) in [4.78, 5) is 45.9. The average Bonchev–Trinajstić information content (AvgIpc) is 2.71. The molecule has 0 aromatic carbocycles. The Bertz CT molecular complexity index is 687. The highest BCUT2D eigenvalue weighted by molar-refractivity contribution is 5.87. The molecule has 1 unspecified atom stereocenters. The molecule has 0 spiro atoms. The SMILES string of the molecule is C=C(C)C(=O)OCCOC(=O)NCCC(C)(C)C(C)CNC(=O)OCCOC(=O)C(=C)C. The molecular weight excluding hydrogens is 420 g/mol. The quantitative estimate of drug-likeness (QED) is 0.177. The highest BCUT2D eigenvalue weighted by Crippen LogP contribution is 2.29. The predicted octanol–water partition coefficient (Wildman–Crippen LogP) is 2.73. The van der Waals surface area contributed by atoms with Crippen molar-refractivity contribution in [1.82, 2.24) is 10.6 Å². The van der Waals surface area contributed by atoms with E-state index in [1.54, 1.807) is 0 Å². The summed E-state index contributed by atoms with van der Waals surface area (Å²) in [6, 6.07) is 0. The van der Waals surface area contributed by atoms with Gasteiger partial charge in [0.1, 0.15) is 26.4 Å². The molecule has 0 aromatic rings. The van der Waals surface area contributed by atoms with Gasteiger partial charge in [-0.1, -0.05) is 33.9 Å². The summed E-state index contributed by atoms with van der Waals surface area (Å²) < 4.78 is 19.6. The third-order valence-electron chi connectivity index (χ3n) is 4.72. The molecule has 0 radical (unpaired) electrons. The standard InChI is InChI=1S/C22H36N2O8/c1-15(2)18(25)29-10-12-31-20(27)23-9-8-22(6,7)17(5)14-24-21(28)32-13-11-30-19(26)16(3)4/h17H,1,3,8-14H2,2,4-7H3,(H,23,27)(H,24,28). The van der Waals surface area contributed by atoms with Crippen molar-refractivity contribution in [1.29, 1.82) is 0 Å². The van der Waals surface area contributed by atoms with Crippen LogP contribution in [0.4, 0.5) is 9.59 Å². The van der Waals surface area contributed by atoms with Crippen LogP contribution in [-0.2, 0) is 28.5 Å². The molecule has 10 nitrogen and oxygen atoms in total. The second kappa shape index (κ2) is 14.9. The zero-order chi connectivity index (χ0) is 24.7. The molecule has 0 aromatic heterocycles. The summed E-state index contributed by atoms with van der Waals surface area (Å²) in [7, 11) is 0. The number of amides is 2. The van der Waals surface area contributed by atoms with Crippen LogP contribution in [0.1, 0.15) is 41.0 Å². The topological polar surface area (TPSA) is 129 Å². The minimum absolute atomic E-state index is 0.0419. The van der Waals surface area contributed by atoms with E-state index in [0.29, 0.717) is 19.5 Å². The van der Waals surface area contributed by atoms with Gasteiger partial charge >= 0.3 is 24.1 Å². The molecule has 10 heteroatoms. The Balaban J connectivity index is 4.02. The van der Waals surface area contributed by atoms with Crippen LogP contribution in [0, 0.1) is 11.3 Å². The fourth-order valence-electron chi connectivity index (χ4n) is 2.13. The number of ether oxygens (including phenoxy) is 4. The van der Waals surface area contributed by atoms with Crippen molar-refractivity contribution >= 4 is 24.1 Å². The van der Waals surface area contributed by atoms with Crippen LogP contribution >= 0.6 is 0 Å².